The molecular weight excluding hydrogens is 222 g/mol. The average Bonchev–Trinajstić information content (AvgIpc) is 2.40. The first-order chi connectivity index (χ1) is 8.72. The molecule has 2 nitrogen and oxygen atoms in total. The monoisotopic (exact) mass is 247 g/mol. The molecule has 0 saturated heterocycles. The first kappa shape index (κ1) is 13.6. The van der Waals surface area contributed by atoms with Crippen LogP contribution >= 0.6 is 0 Å². The summed E-state index contributed by atoms with van der Waals surface area (Å²) in [6, 6.07) is 9.91. The van der Waals surface area contributed by atoms with Gasteiger partial charge in [-0.1, -0.05) is 31.2 Å². The molecule has 1 aromatic rings. The molecule has 0 heterocycles. The number of methoxy groups -OCH3 is 1. The van der Waals surface area contributed by atoms with Gasteiger partial charge in [0.25, 0.3) is 0 Å². The first-order valence-electron chi connectivity index (χ1n) is 7.06. The summed E-state index contributed by atoms with van der Waals surface area (Å²) in [6.45, 7) is 5.42. The van der Waals surface area contributed by atoms with Crippen molar-refractivity contribution in [3.8, 4) is 0 Å². The molecule has 0 fully saturated rings. The topological polar surface area (TPSA) is 21.3 Å². The van der Waals surface area contributed by atoms with Crippen molar-refractivity contribution < 1.29 is 4.74 Å². The predicted octanol–water partition coefficient (Wildman–Crippen LogP) is 3.64. The van der Waals surface area contributed by atoms with Crippen LogP contribution in [0, 0.1) is 0 Å². The molecule has 0 bridgehead atoms. The lowest BCUT2D eigenvalue weighted by Gasteiger charge is -2.32. The molecule has 0 amide bonds. The summed E-state index contributed by atoms with van der Waals surface area (Å²) < 4.78 is 5.15. The van der Waals surface area contributed by atoms with E-state index in [1.165, 1.54) is 24.0 Å². The van der Waals surface area contributed by atoms with Gasteiger partial charge in [-0.15, -0.1) is 0 Å². The fourth-order valence-electron chi connectivity index (χ4n) is 2.90. The minimum absolute atomic E-state index is 0.511. The highest BCUT2D eigenvalue weighted by atomic mass is 16.5. The van der Waals surface area contributed by atoms with Crippen molar-refractivity contribution in [1.82, 2.24) is 5.32 Å². The van der Waals surface area contributed by atoms with Gasteiger partial charge >= 0.3 is 0 Å². The summed E-state index contributed by atoms with van der Waals surface area (Å²) in [5.41, 5.74) is 3.03. The molecule has 0 aliphatic heterocycles. The molecule has 0 radical (unpaired) electrons. The fourth-order valence-corrected chi connectivity index (χ4v) is 2.90. The number of hydrogen-bond donors (Lipinski definition) is 1. The zero-order valence-electron chi connectivity index (χ0n) is 11.8. The van der Waals surface area contributed by atoms with E-state index in [0.717, 1.165) is 13.0 Å². The van der Waals surface area contributed by atoms with Gasteiger partial charge in [0, 0.05) is 25.8 Å². The molecule has 1 N–H and O–H groups in total. The number of ether oxygens (including phenoxy) is 1. The Balaban J connectivity index is 2.04. The van der Waals surface area contributed by atoms with Gasteiger partial charge in [-0.3, -0.25) is 0 Å². The third kappa shape index (κ3) is 3.12. The molecular formula is C16H25NO. The highest BCUT2D eigenvalue weighted by molar-refractivity contribution is 5.34. The van der Waals surface area contributed by atoms with Crippen LogP contribution in [0.4, 0.5) is 0 Å². The van der Waals surface area contributed by atoms with Gasteiger partial charge < -0.3 is 10.1 Å². The van der Waals surface area contributed by atoms with Crippen LogP contribution in [0.3, 0.4) is 0 Å². The van der Waals surface area contributed by atoms with Crippen LogP contribution in [0.15, 0.2) is 24.3 Å². The second-order valence-electron chi connectivity index (χ2n) is 5.51. The van der Waals surface area contributed by atoms with Gasteiger partial charge in [0.2, 0.25) is 0 Å². The molecule has 3 unspecified atom stereocenters. The lowest BCUT2D eigenvalue weighted by molar-refractivity contribution is 0.181. The lowest BCUT2D eigenvalue weighted by atomic mass is 9.81. The summed E-state index contributed by atoms with van der Waals surface area (Å²) in [6.07, 6.45) is 3.60. The molecule has 1 aromatic carbocycles. The summed E-state index contributed by atoms with van der Waals surface area (Å²) in [4.78, 5) is 0. The Morgan fingerprint density at radius 2 is 2.00 bits per heavy atom. The van der Waals surface area contributed by atoms with E-state index < -0.39 is 0 Å². The van der Waals surface area contributed by atoms with Crippen LogP contribution in [0.25, 0.3) is 0 Å². The highest BCUT2D eigenvalue weighted by Gasteiger charge is 2.24. The van der Waals surface area contributed by atoms with Crippen molar-refractivity contribution in [2.24, 2.45) is 0 Å². The van der Waals surface area contributed by atoms with Crippen molar-refractivity contribution in [3.05, 3.63) is 35.4 Å². The van der Waals surface area contributed by atoms with Gasteiger partial charge in [0.05, 0.1) is 0 Å². The Morgan fingerprint density at radius 3 is 2.72 bits per heavy atom. The van der Waals surface area contributed by atoms with Crippen LogP contribution in [-0.4, -0.2) is 19.8 Å². The summed E-state index contributed by atoms with van der Waals surface area (Å²) in [5.74, 6) is 0.702. The van der Waals surface area contributed by atoms with Gasteiger partial charge in [0.1, 0.15) is 0 Å². The minimum Gasteiger partial charge on any atom is -0.385 e. The van der Waals surface area contributed by atoms with E-state index in [4.69, 9.17) is 4.74 Å². The molecule has 0 saturated carbocycles. The van der Waals surface area contributed by atoms with E-state index in [-0.39, 0.29) is 0 Å². The minimum atomic E-state index is 0.511. The van der Waals surface area contributed by atoms with Crippen LogP contribution in [0.2, 0.25) is 0 Å². The van der Waals surface area contributed by atoms with Crippen molar-refractivity contribution in [3.63, 3.8) is 0 Å². The maximum Gasteiger partial charge on any atom is 0.0476 e. The van der Waals surface area contributed by atoms with Crippen LogP contribution in [0.1, 0.15) is 56.2 Å². The quantitative estimate of drug-likeness (QED) is 0.857. The van der Waals surface area contributed by atoms with Gasteiger partial charge in [0.15, 0.2) is 0 Å². The van der Waals surface area contributed by atoms with E-state index in [1.807, 2.05) is 0 Å². The lowest BCUT2D eigenvalue weighted by Crippen LogP contribution is -2.33. The number of nitrogens with one attached hydrogen (secondary N) is 1. The van der Waals surface area contributed by atoms with Gasteiger partial charge in [-0.05, 0) is 43.2 Å². The molecule has 100 valence electrons. The molecule has 2 heteroatoms. The van der Waals surface area contributed by atoms with E-state index in [2.05, 4.69) is 43.4 Å². The summed E-state index contributed by atoms with van der Waals surface area (Å²) >= 11 is 0. The number of fused-ring (bicyclic) bond motifs is 1. The normalized spacial score (nSPS) is 24.6. The zero-order chi connectivity index (χ0) is 13.0. The Morgan fingerprint density at radius 1 is 1.28 bits per heavy atom. The van der Waals surface area contributed by atoms with E-state index in [9.17, 15) is 0 Å². The zero-order valence-corrected chi connectivity index (χ0v) is 11.8. The molecule has 0 aromatic heterocycles. The number of hydrogen-bond acceptors (Lipinski definition) is 2. The van der Waals surface area contributed by atoms with Crippen molar-refractivity contribution in [2.45, 2.75) is 51.1 Å². The predicted molar refractivity (Wildman–Crippen MR) is 75.9 cm³/mol. The van der Waals surface area contributed by atoms with E-state index in [0.29, 0.717) is 18.0 Å². The maximum absolute atomic E-state index is 5.15. The van der Waals surface area contributed by atoms with Crippen molar-refractivity contribution in [2.75, 3.05) is 13.7 Å². The smallest absolute Gasteiger partial charge is 0.0476 e. The summed E-state index contributed by atoms with van der Waals surface area (Å²) in [7, 11) is 1.77. The fraction of sp³-hybridized carbons (Fsp3) is 0.625. The van der Waals surface area contributed by atoms with Crippen LogP contribution in [-0.2, 0) is 4.74 Å². The summed E-state index contributed by atoms with van der Waals surface area (Å²) in [5, 5.41) is 3.75. The van der Waals surface area contributed by atoms with Crippen LogP contribution < -0.4 is 5.32 Å². The highest BCUT2D eigenvalue weighted by Crippen LogP contribution is 2.37. The Kier molecular flexibility index (Phi) is 4.79. The van der Waals surface area contributed by atoms with Gasteiger partial charge in [-0.25, -0.2) is 0 Å². The molecule has 3 atom stereocenters. The second kappa shape index (κ2) is 6.35. The SMILES string of the molecule is COCCC(C)NC1CCC(C)c2ccccc21. The molecule has 1 aliphatic rings. The van der Waals surface area contributed by atoms with Crippen molar-refractivity contribution in [1.29, 1.82) is 0 Å². The van der Waals surface area contributed by atoms with Crippen LogP contribution in [0.5, 0.6) is 0 Å². The average molecular weight is 247 g/mol. The Labute approximate surface area is 111 Å². The van der Waals surface area contributed by atoms with E-state index in [1.54, 1.807) is 7.11 Å². The standard InChI is InChI=1S/C16H25NO/c1-12-8-9-16(17-13(2)10-11-18-3)15-7-5-4-6-14(12)15/h4-7,12-13,16-17H,8-11H2,1-3H3. The Hall–Kier alpha value is -0.860. The van der Waals surface area contributed by atoms with E-state index >= 15 is 0 Å². The molecule has 2 rings (SSSR count). The first-order valence-corrected chi connectivity index (χ1v) is 7.06. The van der Waals surface area contributed by atoms with Crippen molar-refractivity contribution >= 4 is 0 Å². The van der Waals surface area contributed by atoms with Gasteiger partial charge in [-0.2, -0.15) is 0 Å². The number of rotatable bonds is 5. The molecule has 1 aliphatic carbocycles. The maximum atomic E-state index is 5.15. The largest absolute Gasteiger partial charge is 0.385 e. The third-order valence-electron chi connectivity index (χ3n) is 4.03. The number of benzene rings is 1. The second-order valence-corrected chi connectivity index (χ2v) is 5.51. The molecule has 0 spiro atoms. The molecule has 18 heavy (non-hydrogen) atoms. The Bertz CT molecular complexity index is 377. The third-order valence-corrected chi connectivity index (χ3v) is 4.03.